The average molecular weight is 173 g/mol. The number of nitrogens with two attached hydrogens (primary N) is 1. The van der Waals surface area contributed by atoms with Gasteiger partial charge in [-0.1, -0.05) is 20.8 Å². The molecular formula is C10H23NO. The van der Waals surface area contributed by atoms with Crippen LogP contribution in [0.4, 0.5) is 0 Å². The predicted molar refractivity (Wildman–Crippen MR) is 53.1 cm³/mol. The molecule has 2 nitrogen and oxygen atoms in total. The Labute approximate surface area is 76.5 Å². The lowest BCUT2D eigenvalue weighted by Crippen LogP contribution is -2.32. The molecule has 0 aliphatic rings. The lowest BCUT2D eigenvalue weighted by molar-refractivity contribution is 0.0606. The third kappa shape index (κ3) is 8.02. The second-order valence-electron chi connectivity index (χ2n) is 4.91. The van der Waals surface area contributed by atoms with E-state index >= 15 is 0 Å². The van der Waals surface area contributed by atoms with Gasteiger partial charge in [0.15, 0.2) is 0 Å². The van der Waals surface area contributed by atoms with Crippen molar-refractivity contribution in [2.45, 2.75) is 53.2 Å². The first-order valence-electron chi connectivity index (χ1n) is 4.68. The smallest absolute Gasteiger partial charge is 0.0621 e. The van der Waals surface area contributed by atoms with Crippen molar-refractivity contribution in [3.63, 3.8) is 0 Å². The molecule has 0 rings (SSSR count). The minimum Gasteiger partial charge on any atom is -0.377 e. The van der Waals surface area contributed by atoms with Crippen molar-refractivity contribution < 1.29 is 4.74 Å². The summed E-state index contributed by atoms with van der Waals surface area (Å²) in [7, 11) is 0. The number of hydrogen-bond donors (Lipinski definition) is 1. The topological polar surface area (TPSA) is 35.2 Å². The van der Waals surface area contributed by atoms with Gasteiger partial charge in [0.2, 0.25) is 0 Å². The highest BCUT2D eigenvalue weighted by molar-refractivity contribution is 4.70. The van der Waals surface area contributed by atoms with Crippen molar-refractivity contribution in [3.05, 3.63) is 0 Å². The fraction of sp³-hybridized carbons (Fsp3) is 1.00. The molecule has 0 aliphatic carbocycles. The molecule has 0 aliphatic heterocycles. The Balaban J connectivity index is 3.53. The first-order valence-corrected chi connectivity index (χ1v) is 4.68. The van der Waals surface area contributed by atoms with E-state index in [0.29, 0.717) is 12.0 Å². The van der Waals surface area contributed by atoms with Crippen molar-refractivity contribution >= 4 is 0 Å². The predicted octanol–water partition coefficient (Wildman–Crippen LogP) is 2.17. The van der Waals surface area contributed by atoms with E-state index in [1.54, 1.807) is 0 Å². The summed E-state index contributed by atoms with van der Waals surface area (Å²) in [5, 5.41) is 0. The molecule has 74 valence electrons. The Morgan fingerprint density at radius 2 is 1.75 bits per heavy atom. The molecule has 0 spiro atoms. The van der Waals surface area contributed by atoms with E-state index in [-0.39, 0.29) is 12.1 Å². The molecule has 0 aromatic rings. The first-order chi connectivity index (χ1) is 5.31. The van der Waals surface area contributed by atoms with Crippen LogP contribution >= 0.6 is 0 Å². The van der Waals surface area contributed by atoms with Gasteiger partial charge in [-0.25, -0.2) is 0 Å². The summed E-state index contributed by atoms with van der Waals surface area (Å²) in [5.41, 5.74) is 6.19. The summed E-state index contributed by atoms with van der Waals surface area (Å²) in [6.07, 6.45) is 1.30. The largest absolute Gasteiger partial charge is 0.377 e. The molecule has 1 unspecified atom stereocenters. The maximum atomic E-state index is 5.88. The normalized spacial score (nSPS) is 15.2. The van der Waals surface area contributed by atoms with E-state index in [1.165, 1.54) is 0 Å². The second kappa shape index (κ2) is 4.83. The van der Waals surface area contributed by atoms with Gasteiger partial charge in [-0.05, 0) is 25.7 Å². The Morgan fingerprint density at radius 3 is 2.08 bits per heavy atom. The Morgan fingerprint density at radius 1 is 1.25 bits per heavy atom. The first kappa shape index (κ1) is 11.9. The van der Waals surface area contributed by atoms with Gasteiger partial charge >= 0.3 is 0 Å². The highest BCUT2D eigenvalue weighted by atomic mass is 16.5. The van der Waals surface area contributed by atoms with Gasteiger partial charge < -0.3 is 10.5 Å². The molecule has 0 fully saturated rings. The molecule has 0 aromatic heterocycles. The molecule has 0 amide bonds. The summed E-state index contributed by atoms with van der Waals surface area (Å²) in [5.74, 6) is 0. The second-order valence-corrected chi connectivity index (χ2v) is 4.91. The SMILES string of the molecule is CC(C)OCC(N)CC(C)(C)C. The zero-order chi connectivity index (χ0) is 9.78. The van der Waals surface area contributed by atoms with Crippen LogP contribution in [0.25, 0.3) is 0 Å². The fourth-order valence-corrected chi connectivity index (χ4v) is 1.16. The van der Waals surface area contributed by atoms with E-state index < -0.39 is 0 Å². The number of hydrogen-bond acceptors (Lipinski definition) is 2. The van der Waals surface area contributed by atoms with Crippen molar-refractivity contribution in [2.75, 3.05) is 6.61 Å². The van der Waals surface area contributed by atoms with E-state index in [0.717, 1.165) is 6.42 Å². The molecule has 2 N–H and O–H groups in total. The molecule has 12 heavy (non-hydrogen) atoms. The molecule has 0 aromatic carbocycles. The molecule has 0 saturated carbocycles. The summed E-state index contributed by atoms with van der Waals surface area (Å²) in [6, 6.07) is 0.174. The lowest BCUT2D eigenvalue weighted by Gasteiger charge is -2.23. The van der Waals surface area contributed by atoms with Crippen LogP contribution in [0.1, 0.15) is 41.0 Å². The van der Waals surface area contributed by atoms with Gasteiger partial charge in [0.25, 0.3) is 0 Å². The van der Waals surface area contributed by atoms with Crippen LogP contribution in [0.3, 0.4) is 0 Å². The molecule has 2 heteroatoms. The summed E-state index contributed by atoms with van der Waals surface area (Å²) < 4.78 is 5.42. The standard InChI is InChI=1S/C10H23NO/c1-8(2)12-7-9(11)6-10(3,4)5/h8-9H,6-7,11H2,1-5H3. The zero-order valence-corrected chi connectivity index (χ0v) is 9.05. The van der Waals surface area contributed by atoms with Crippen molar-refractivity contribution in [1.29, 1.82) is 0 Å². The van der Waals surface area contributed by atoms with Gasteiger partial charge in [-0.2, -0.15) is 0 Å². The molecule has 0 radical (unpaired) electrons. The summed E-state index contributed by atoms with van der Waals surface area (Å²) in [4.78, 5) is 0. The highest BCUT2D eigenvalue weighted by Crippen LogP contribution is 2.19. The van der Waals surface area contributed by atoms with Crippen molar-refractivity contribution in [2.24, 2.45) is 11.1 Å². The van der Waals surface area contributed by atoms with Crippen LogP contribution in [0.5, 0.6) is 0 Å². The number of ether oxygens (including phenoxy) is 1. The number of rotatable bonds is 4. The summed E-state index contributed by atoms with van der Waals surface area (Å²) >= 11 is 0. The Bertz CT molecular complexity index is 115. The van der Waals surface area contributed by atoms with Gasteiger partial charge in [-0.15, -0.1) is 0 Å². The van der Waals surface area contributed by atoms with E-state index in [9.17, 15) is 0 Å². The molecule has 1 atom stereocenters. The van der Waals surface area contributed by atoms with Crippen LogP contribution in [0, 0.1) is 5.41 Å². The Hall–Kier alpha value is -0.0800. The zero-order valence-electron chi connectivity index (χ0n) is 9.05. The Kier molecular flexibility index (Phi) is 4.80. The van der Waals surface area contributed by atoms with Crippen molar-refractivity contribution in [3.8, 4) is 0 Å². The van der Waals surface area contributed by atoms with Gasteiger partial charge in [0.1, 0.15) is 0 Å². The third-order valence-electron chi connectivity index (χ3n) is 1.52. The minimum atomic E-state index is 0.174. The van der Waals surface area contributed by atoms with Crippen LogP contribution in [0.2, 0.25) is 0 Å². The quantitative estimate of drug-likeness (QED) is 0.707. The van der Waals surface area contributed by atoms with E-state index in [4.69, 9.17) is 10.5 Å². The maximum Gasteiger partial charge on any atom is 0.0621 e. The van der Waals surface area contributed by atoms with E-state index in [1.807, 2.05) is 13.8 Å². The van der Waals surface area contributed by atoms with Crippen LogP contribution in [0.15, 0.2) is 0 Å². The minimum absolute atomic E-state index is 0.174. The van der Waals surface area contributed by atoms with Gasteiger partial charge in [0.05, 0.1) is 12.7 Å². The lowest BCUT2D eigenvalue weighted by atomic mass is 9.89. The highest BCUT2D eigenvalue weighted by Gasteiger charge is 2.15. The molecule has 0 bridgehead atoms. The van der Waals surface area contributed by atoms with E-state index in [2.05, 4.69) is 20.8 Å². The van der Waals surface area contributed by atoms with Crippen LogP contribution in [-0.4, -0.2) is 18.8 Å². The molecule has 0 saturated heterocycles. The van der Waals surface area contributed by atoms with Gasteiger partial charge in [0, 0.05) is 6.04 Å². The van der Waals surface area contributed by atoms with Gasteiger partial charge in [-0.3, -0.25) is 0 Å². The van der Waals surface area contributed by atoms with Crippen LogP contribution < -0.4 is 5.73 Å². The monoisotopic (exact) mass is 173 g/mol. The maximum absolute atomic E-state index is 5.88. The average Bonchev–Trinajstić information content (AvgIpc) is 1.79. The molecule has 0 heterocycles. The fourth-order valence-electron chi connectivity index (χ4n) is 1.16. The summed E-state index contributed by atoms with van der Waals surface area (Å²) in [6.45, 7) is 11.3. The molecular weight excluding hydrogens is 150 g/mol. The third-order valence-corrected chi connectivity index (χ3v) is 1.52. The van der Waals surface area contributed by atoms with Crippen LogP contribution in [-0.2, 0) is 4.74 Å². The van der Waals surface area contributed by atoms with Crippen molar-refractivity contribution in [1.82, 2.24) is 0 Å².